The van der Waals surface area contributed by atoms with Crippen molar-refractivity contribution < 1.29 is 13.6 Å². The fourth-order valence-electron chi connectivity index (χ4n) is 2.81. The molecule has 3 aromatic rings. The first kappa shape index (κ1) is 18.6. The van der Waals surface area contributed by atoms with Gasteiger partial charge in [0.25, 0.3) is 0 Å². The highest BCUT2D eigenvalue weighted by Crippen LogP contribution is 2.41. The van der Waals surface area contributed by atoms with Gasteiger partial charge in [-0.25, -0.2) is 8.78 Å². The number of benzene rings is 2. The molecule has 2 aromatic carbocycles. The largest absolute Gasteiger partial charge is 0.325 e. The first-order chi connectivity index (χ1) is 13.5. The van der Waals surface area contributed by atoms with Gasteiger partial charge in [0.1, 0.15) is 5.82 Å². The van der Waals surface area contributed by atoms with Crippen LogP contribution in [0.5, 0.6) is 0 Å². The summed E-state index contributed by atoms with van der Waals surface area (Å²) in [5, 5.41) is 11.4. The van der Waals surface area contributed by atoms with E-state index in [2.05, 4.69) is 15.5 Å². The van der Waals surface area contributed by atoms with Gasteiger partial charge in [0.05, 0.1) is 5.25 Å². The molecule has 8 heteroatoms. The number of aromatic nitrogens is 3. The van der Waals surface area contributed by atoms with Crippen molar-refractivity contribution in [3.63, 3.8) is 0 Å². The monoisotopic (exact) mass is 400 g/mol. The van der Waals surface area contributed by atoms with Crippen LogP contribution in [0.15, 0.2) is 53.7 Å². The molecule has 1 heterocycles. The van der Waals surface area contributed by atoms with Gasteiger partial charge in [-0.05, 0) is 44.0 Å². The highest BCUT2D eigenvalue weighted by molar-refractivity contribution is 8.00. The second-order valence-corrected chi connectivity index (χ2v) is 7.97. The van der Waals surface area contributed by atoms with Gasteiger partial charge in [0.2, 0.25) is 5.91 Å². The van der Waals surface area contributed by atoms with Gasteiger partial charge in [-0.1, -0.05) is 30.0 Å². The molecule has 4 rings (SSSR count). The van der Waals surface area contributed by atoms with Crippen LogP contribution in [0.2, 0.25) is 0 Å². The van der Waals surface area contributed by atoms with Crippen molar-refractivity contribution in [2.24, 2.45) is 0 Å². The van der Waals surface area contributed by atoms with Gasteiger partial charge in [-0.3, -0.25) is 9.36 Å². The highest BCUT2D eigenvalue weighted by atomic mass is 32.2. The number of amides is 1. The lowest BCUT2D eigenvalue weighted by Gasteiger charge is -2.14. The minimum Gasteiger partial charge on any atom is -0.325 e. The summed E-state index contributed by atoms with van der Waals surface area (Å²) in [4.78, 5) is 12.5. The molecule has 1 aliphatic carbocycles. The molecule has 0 aliphatic heterocycles. The molecule has 5 nitrogen and oxygen atoms in total. The summed E-state index contributed by atoms with van der Waals surface area (Å²) in [5.74, 6) is -0.984. The van der Waals surface area contributed by atoms with Crippen LogP contribution in [-0.4, -0.2) is 25.9 Å². The van der Waals surface area contributed by atoms with Crippen LogP contribution in [0.4, 0.5) is 14.5 Å². The molecule has 1 N–H and O–H groups in total. The van der Waals surface area contributed by atoms with E-state index < -0.39 is 16.9 Å². The summed E-state index contributed by atoms with van der Waals surface area (Å²) in [6.45, 7) is 1.74. The Balaban J connectivity index is 1.53. The average molecular weight is 400 g/mol. The first-order valence-electron chi connectivity index (χ1n) is 8.96. The normalized spacial score (nSPS) is 14.7. The number of hydrogen-bond acceptors (Lipinski definition) is 4. The molecule has 28 heavy (non-hydrogen) atoms. The minimum atomic E-state index is -1.00. The summed E-state index contributed by atoms with van der Waals surface area (Å²) in [6.07, 6.45) is 2.17. The molecular weight excluding hydrogens is 382 g/mol. The number of thioether (sulfide) groups is 1. The Morgan fingerprint density at radius 1 is 1.14 bits per heavy atom. The molecule has 144 valence electrons. The molecule has 0 bridgehead atoms. The summed E-state index contributed by atoms with van der Waals surface area (Å²) in [6, 6.07) is 13.1. The number of nitrogens with zero attached hydrogens (tertiary/aromatic N) is 3. The fraction of sp³-hybridized carbons (Fsp3) is 0.250. The second kappa shape index (κ2) is 7.71. The average Bonchev–Trinajstić information content (AvgIpc) is 3.46. The molecule has 0 unspecified atom stereocenters. The van der Waals surface area contributed by atoms with Gasteiger partial charge < -0.3 is 5.32 Å². The van der Waals surface area contributed by atoms with Crippen molar-refractivity contribution in [3.8, 4) is 5.69 Å². The first-order valence-corrected chi connectivity index (χ1v) is 9.84. The maximum Gasteiger partial charge on any atom is 0.237 e. The minimum absolute atomic E-state index is 0.208. The lowest BCUT2D eigenvalue weighted by atomic mass is 10.3. The molecule has 1 amide bonds. The van der Waals surface area contributed by atoms with E-state index in [-0.39, 0.29) is 11.6 Å². The van der Waals surface area contributed by atoms with E-state index >= 15 is 0 Å². The Kier molecular flexibility index (Phi) is 5.13. The van der Waals surface area contributed by atoms with E-state index in [9.17, 15) is 13.6 Å². The van der Waals surface area contributed by atoms with Crippen molar-refractivity contribution in [1.29, 1.82) is 0 Å². The zero-order chi connectivity index (χ0) is 19.7. The van der Waals surface area contributed by atoms with Crippen LogP contribution in [0.25, 0.3) is 5.69 Å². The maximum atomic E-state index is 13.3. The zero-order valence-corrected chi connectivity index (χ0v) is 15.9. The summed E-state index contributed by atoms with van der Waals surface area (Å²) < 4.78 is 28.4. The molecule has 1 saturated carbocycles. The Bertz CT molecular complexity index is 1000. The van der Waals surface area contributed by atoms with Gasteiger partial charge in [-0.2, -0.15) is 0 Å². The van der Waals surface area contributed by atoms with E-state index in [1.165, 1.54) is 17.8 Å². The van der Waals surface area contributed by atoms with Gasteiger partial charge in [0, 0.05) is 23.4 Å². The molecule has 0 spiro atoms. The smallest absolute Gasteiger partial charge is 0.237 e. The number of nitrogens with one attached hydrogen (secondary N) is 1. The lowest BCUT2D eigenvalue weighted by molar-refractivity contribution is -0.115. The van der Waals surface area contributed by atoms with E-state index in [1.54, 1.807) is 6.92 Å². The Labute approximate surface area is 165 Å². The van der Waals surface area contributed by atoms with Crippen LogP contribution in [0, 0.1) is 11.6 Å². The second-order valence-electron chi connectivity index (χ2n) is 6.66. The number of carbonyl (C=O) groups is 1. The van der Waals surface area contributed by atoms with Crippen molar-refractivity contribution in [2.75, 3.05) is 5.32 Å². The Morgan fingerprint density at radius 2 is 1.89 bits per heavy atom. The Morgan fingerprint density at radius 3 is 2.57 bits per heavy atom. The number of anilines is 1. The third-order valence-corrected chi connectivity index (χ3v) is 5.50. The van der Waals surface area contributed by atoms with Crippen molar-refractivity contribution in [3.05, 3.63) is 66.0 Å². The molecule has 1 aliphatic rings. The third-order valence-electron chi connectivity index (χ3n) is 4.45. The van der Waals surface area contributed by atoms with Crippen molar-refractivity contribution >= 4 is 23.4 Å². The maximum absolute atomic E-state index is 13.3. The summed E-state index contributed by atoms with van der Waals surface area (Å²) >= 11 is 1.28. The van der Waals surface area contributed by atoms with Crippen LogP contribution in [-0.2, 0) is 4.79 Å². The summed E-state index contributed by atoms with van der Waals surface area (Å²) in [7, 11) is 0. The van der Waals surface area contributed by atoms with Crippen LogP contribution < -0.4 is 5.32 Å². The number of hydrogen-bond donors (Lipinski definition) is 1. The topological polar surface area (TPSA) is 59.8 Å². The molecule has 1 fully saturated rings. The highest BCUT2D eigenvalue weighted by Gasteiger charge is 2.31. The van der Waals surface area contributed by atoms with Crippen LogP contribution in [0.3, 0.4) is 0 Å². The van der Waals surface area contributed by atoms with Gasteiger partial charge in [0.15, 0.2) is 16.8 Å². The van der Waals surface area contributed by atoms with E-state index in [4.69, 9.17) is 0 Å². The lowest BCUT2D eigenvalue weighted by Crippen LogP contribution is -2.23. The molecular formula is C20H18F2N4OS. The van der Waals surface area contributed by atoms with Gasteiger partial charge >= 0.3 is 0 Å². The van der Waals surface area contributed by atoms with Crippen LogP contribution in [0.1, 0.15) is 31.5 Å². The number of carbonyl (C=O) groups excluding carboxylic acids is 1. The van der Waals surface area contributed by atoms with E-state index in [0.717, 1.165) is 36.5 Å². The van der Waals surface area contributed by atoms with Gasteiger partial charge in [-0.15, -0.1) is 10.2 Å². The third kappa shape index (κ3) is 3.91. The van der Waals surface area contributed by atoms with Crippen LogP contribution >= 0.6 is 11.8 Å². The number of halogens is 2. The standard InChI is InChI=1S/C20H18F2N4OS/c1-12(19(27)23-14-9-10-16(21)17(22)11-14)28-20-25-24-18(13-7-8-13)26(20)15-5-3-2-4-6-15/h2-6,9-13H,7-8H2,1H3,(H,23,27)/t12-/m1/s1. The zero-order valence-electron chi connectivity index (χ0n) is 15.1. The predicted octanol–water partition coefficient (Wildman–Crippen LogP) is 4.54. The summed E-state index contributed by atoms with van der Waals surface area (Å²) in [5.41, 5.74) is 1.16. The fourth-order valence-corrected chi connectivity index (χ4v) is 3.69. The molecule has 1 aromatic heterocycles. The molecule has 0 radical (unpaired) electrons. The van der Waals surface area contributed by atoms with Crippen molar-refractivity contribution in [1.82, 2.24) is 14.8 Å². The van der Waals surface area contributed by atoms with Crippen molar-refractivity contribution in [2.45, 2.75) is 36.1 Å². The molecule has 1 atom stereocenters. The Hall–Kier alpha value is -2.74. The number of para-hydroxylation sites is 1. The quantitative estimate of drug-likeness (QED) is 0.617. The van der Waals surface area contributed by atoms with E-state index in [0.29, 0.717) is 11.1 Å². The predicted molar refractivity (Wildman–Crippen MR) is 104 cm³/mol. The SMILES string of the molecule is C[C@@H](Sc1nnc(C2CC2)n1-c1ccccc1)C(=O)Nc1ccc(F)c(F)c1. The molecule has 0 saturated heterocycles. The van der Waals surface area contributed by atoms with E-state index in [1.807, 2.05) is 34.9 Å². The number of rotatable bonds is 6.